The molecule has 5 heteroatoms. The largest absolute Gasteiger partial charge is 0.487 e. The third-order valence-corrected chi connectivity index (χ3v) is 5.12. The molecule has 2 rings (SSSR count). The molecule has 0 saturated heterocycles. The first-order valence-electron chi connectivity index (χ1n) is 4.20. The number of thiophene rings is 1. The van der Waals surface area contributed by atoms with Gasteiger partial charge in [0.15, 0.2) is 5.06 Å². The van der Waals surface area contributed by atoms with Gasteiger partial charge in [-0.2, -0.15) is 0 Å². The molecule has 1 atom stereocenters. The molecule has 1 aliphatic rings. The van der Waals surface area contributed by atoms with Crippen LogP contribution in [0.1, 0.15) is 4.88 Å². The van der Waals surface area contributed by atoms with E-state index in [9.17, 15) is 4.79 Å². The van der Waals surface area contributed by atoms with Crippen molar-refractivity contribution in [3.8, 4) is 5.06 Å². The second-order valence-electron chi connectivity index (χ2n) is 2.83. The summed E-state index contributed by atoms with van der Waals surface area (Å²) < 4.78 is 5.09. The molecule has 0 spiro atoms. The van der Waals surface area contributed by atoms with Crippen molar-refractivity contribution in [3.63, 3.8) is 0 Å². The van der Waals surface area contributed by atoms with Gasteiger partial charge in [0.2, 0.25) is 5.12 Å². The first kappa shape index (κ1) is 10.7. The second-order valence-corrected chi connectivity index (χ2v) is 6.32. The summed E-state index contributed by atoms with van der Waals surface area (Å²) in [6.45, 7) is 0. The third-order valence-electron chi connectivity index (χ3n) is 1.87. The lowest BCUT2D eigenvalue weighted by atomic mass is 10.4. The molecule has 1 aromatic heterocycles. The summed E-state index contributed by atoms with van der Waals surface area (Å²) in [5.74, 6) is 0. The van der Waals surface area contributed by atoms with Crippen LogP contribution in [0.25, 0.3) is 6.08 Å². The first-order valence-corrected chi connectivity index (χ1v) is 7.16. The van der Waals surface area contributed by atoms with Crippen LogP contribution in [0, 0.1) is 0 Å². The van der Waals surface area contributed by atoms with Crippen LogP contribution in [0.3, 0.4) is 0 Å². The van der Waals surface area contributed by atoms with Gasteiger partial charge >= 0.3 is 0 Å². The lowest BCUT2D eigenvalue weighted by molar-refractivity contribution is -0.107. The fraction of sp³-hybridized carbons (Fsp3) is 0.100. The minimum Gasteiger partial charge on any atom is -0.487 e. The Morgan fingerprint density at radius 3 is 2.80 bits per heavy atom. The maximum Gasteiger partial charge on any atom is 0.220 e. The van der Waals surface area contributed by atoms with Gasteiger partial charge in [-0.05, 0) is 51.0 Å². The normalized spacial score (nSPS) is 22.6. The topological polar surface area (TPSA) is 26.3 Å². The predicted octanol–water partition coefficient (Wildman–Crippen LogP) is 2.27. The predicted molar refractivity (Wildman–Crippen MR) is 67.7 cm³/mol. The van der Waals surface area contributed by atoms with E-state index in [1.165, 1.54) is 11.3 Å². The number of ether oxygens (including phenoxy) is 1. The summed E-state index contributed by atoms with van der Waals surface area (Å²) >= 11 is 6.64. The summed E-state index contributed by atoms with van der Waals surface area (Å²) in [7, 11) is 0.950. The van der Waals surface area contributed by atoms with E-state index in [0.717, 1.165) is 14.8 Å². The SMILES string of the molecule is COc1ccc(C=C2C=CC(=O)S2=S)s1. The summed E-state index contributed by atoms with van der Waals surface area (Å²) in [5, 5.41) is 0.888. The number of rotatable bonds is 2. The second kappa shape index (κ2) is 4.38. The Kier molecular flexibility index (Phi) is 3.14. The van der Waals surface area contributed by atoms with Crippen LogP contribution >= 0.6 is 11.3 Å². The zero-order valence-electron chi connectivity index (χ0n) is 7.93. The van der Waals surface area contributed by atoms with Crippen molar-refractivity contribution in [2.45, 2.75) is 0 Å². The molecule has 0 saturated carbocycles. The number of hydrogen-bond donors (Lipinski definition) is 0. The molecular formula is C10H8O2S3. The van der Waals surface area contributed by atoms with Gasteiger partial charge in [0.25, 0.3) is 0 Å². The standard InChI is InChI=1S/C10H8O2S3/c1-12-10-5-2-7(14-10)6-8-3-4-9(11)15(8)13/h2-6H,1H3. The molecule has 0 fully saturated rings. The van der Waals surface area contributed by atoms with E-state index in [-0.39, 0.29) is 5.12 Å². The van der Waals surface area contributed by atoms with Crippen LogP contribution < -0.4 is 4.74 Å². The van der Waals surface area contributed by atoms with Crippen LogP contribution in [0.5, 0.6) is 5.06 Å². The van der Waals surface area contributed by atoms with E-state index >= 15 is 0 Å². The zero-order chi connectivity index (χ0) is 10.8. The molecule has 2 nitrogen and oxygen atoms in total. The quantitative estimate of drug-likeness (QED) is 0.812. The molecule has 1 unspecified atom stereocenters. The smallest absolute Gasteiger partial charge is 0.220 e. The average molecular weight is 256 g/mol. The van der Waals surface area contributed by atoms with Crippen molar-refractivity contribution in [1.82, 2.24) is 0 Å². The summed E-state index contributed by atoms with van der Waals surface area (Å²) in [6.07, 6.45) is 5.29. The van der Waals surface area contributed by atoms with Gasteiger partial charge in [-0.1, -0.05) is 11.3 Å². The van der Waals surface area contributed by atoms with Gasteiger partial charge in [-0.25, -0.2) is 0 Å². The maximum absolute atomic E-state index is 11.2. The molecular weight excluding hydrogens is 248 g/mol. The highest BCUT2D eigenvalue weighted by Crippen LogP contribution is 2.27. The van der Waals surface area contributed by atoms with E-state index in [2.05, 4.69) is 0 Å². The fourth-order valence-electron chi connectivity index (χ4n) is 1.15. The Hall–Kier alpha value is -0.780. The van der Waals surface area contributed by atoms with Crippen LogP contribution in [0.4, 0.5) is 0 Å². The Labute approximate surface area is 98.9 Å². The van der Waals surface area contributed by atoms with Gasteiger partial charge in [0.05, 0.1) is 7.11 Å². The molecule has 0 N–H and O–H groups in total. The van der Waals surface area contributed by atoms with Crippen molar-refractivity contribution >= 4 is 43.2 Å². The number of allylic oxidation sites excluding steroid dienone is 1. The van der Waals surface area contributed by atoms with Crippen molar-refractivity contribution in [2.75, 3.05) is 7.11 Å². The highest BCUT2D eigenvalue weighted by Gasteiger charge is 2.14. The van der Waals surface area contributed by atoms with E-state index in [1.54, 1.807) is 19.3 Å². The van der Waals surface area contributed by atoms with Gasteiger partial charge in [-0.3, -0.25) is 4.79 Å². The van der Waals surface area contributed by atoms with E-state index in [4.69, 9.17) is 15.9 Å². The van der Waals surface area contributed by atoms with E-state index < -0.39 is 9.45 Å². The zero-order valence-corrected chi connectivity index (χ0v) is 10.4. The van der Waals surface area contributed by atoms with Gasteiger partial charge in [0, 0.05) is 9.78 Å². The Bertz CT molecular complexity index is 483. The first-order chi connectivity index (χ1) is 7.20. The monoisotopic (exact) mass is 256 g/mol. The van der Waals surface area contributed by atoms with Gasteiger partial charge in [0.1, 0.15) is 0 Å². The fourth-order valence-corrected chi connectivity index (χ4v) is 3.33. The van der Waals surface area contributed by atoms with Crippen molar-refractivity contribution in [3.05, 3.63) is 34.1 Å². The third kappa shape index (κ3) is 2.25. The molecule has 0 amide bonds. The van der Waals surface area contributed by atoms with Crippen molar-refractivity contribution in [2.24, 2.45) is 0 Å². The van der Waals surface area contributed by atoms with Crippen LogP contribution in [-0.4, -0.2) is 12.2 Å². The summed E-state index contributed by atoms with van der Waals surface area (Å²) in [6, 6.07) is 3.86. The lowest BCUT2D eigenvalue weighted by Crippen LogP contribution is -1.95. The number of methoxy groups -OCH3 is 1. The average Bonchev–Trinajstić information content (AvgIpc) is 2.80. The molecule has 0 aromatic carbocycles. The lowest BCUT2D eigenvalue weighted by Gasteiger charge is -1.94. The molecule has 0 aliphatic carbocycles. The minimum absolute atomic E-state index is 0.0276. The molecule has 1 aromatic rings. The van der Waals surface area contributed by atoms with Crippen LogP contribution in [0.15, 0.2) is 29.2 Å². The Morgan fingerprint density at radius 2 is 2.27 bits per heavy atom. The van der Waals surface area contributed by atoms with Gasteiger partial charge < -0.3 is 4.74 Å². The molecule has 15 heavy (non-hydrogen) atoms. The molecule has 1 aliphatic heterocycles. The Balaban J connectivity index is 2.27. The number of carbonyl (C=O) groups excluding carboxylic acids is 1. The van der Waals surface area contributed by atoms with Crippen LogP contribution in [-0.2, 0) is 25.4 Å². The minimum atomic E-state index is -0.688. The van der Waals surface area contributed by atoms with Crippen molar-refractivity contribution in [1.29, 1.82) is 0 Å². The molecule has 0 radical (unpaired) electrons. The van der Waals surface area contributed by atoms with E-state index in [0.29, 0.717) is 0 Å². The van der Waals surface area contributed by atoms with E-state index in [1.807, 2.05) is 18.2 Å². The maximum atomic E-state index is 11.2. The number of hydrogen-bond acceptors (Lipinski definition) is 4. The number of carbonyl (C=O) groups is 1. The van der Waals surface area contributed by atoms with Crippen LogP contribution in [0.2, 0.25) is 0 Å². The van der Waals surface area contributed by atoms with Crippen molar-refractivity contribution < 1.29 is 9.53 Å². The highest BCUT2D eigenvalue weighted by molar-refractivity contribution is 8.40. The summed E-state index contributed by atoms with van der Waals surface area (Å²) in [4.78, 5) is 13.2. The molecule has 2 heterocycles. The molecule has 78 valence electrons. The van der Waals surface area contributed by atoms with Gasteiger partial charge in [-0.15, -0.1) is 0 Å². The summed E-state index contributed by atoms with van der Waals surface area (Å²) in [5.41, 5.74) is 0. The molecule has 0 bridgehead atoms. The highest BCUT2D eigenvalue weighted by atomic mass is 32.8. The Morgan fingerprint density at radius 1 is 1.47 bits per heavy atom.